The highest BCUT2D eigenvalue weighted by Crippen LogP contribution is 2.32. The second kappa shape index (κ2) is 7.90. The highest BCUT2D eigenvalue weighted by Gasteiger charge is 2.48. The van der Waals surface area contributed by atoms with Gasteiger partial charge in [0.15, 0.2) is 0 Å². The molecule has 1 saturated heterocycles. The lowest BCUT2D eigenvalue weighted by Gasteiger charge is -2.21. The number of pyridine rings is 1. The third-order valence-corrected chi connectivity index (χ3v) is 4.75. The van der Waals surface area contributed by atoms with Crippen LogP contribution in [0.1, 0.15) is 17.2 Å². The van der Waals surface area contributed by atoms with Crippen LogP contribution in [0.2, 0.25) is 0 Å². The van der Waals surface area contributed by atoms with E-state index in [0.717, 1.165) is 5.56 Å². The molecule has 0 radical (unpaired) electrons. The number of aromatic nitrogens is 3. The predicted molar refractivity (Wildman–Crippen MR) is 97.6 cm³/mol. The van der Waals surface area contributed by atoms with Gasteiger partial charge in [-0.2, -0.15) is 18.7 Å². The molecule has 0 saturated carbocycles. The van der Waals surface area contributed by atoms with E-state index in [9.17, 15) is 17.6 Å². The van der Waals surface area contributed by atoms with Crippen LogP contribution >= 0.6 is 0 Å². The maximum absolute atomic E-state index is 13.2. The third kappa shape index (κ3) is 4.44. The minimum Gasteiger partial charge on any atom is -0.336 e. The number of hydrazine groups is 2. The molecule has 1 aliphatic heterocycles. The number of alkyl halides is 3. The number of nitrogens with one attached hydrogen (secondary N) is 3. The molecule has 1 fully saturated rings. The summed E-state index contributed by atoms with van der Waals surface area (Å²) in [5.74, 6) is -0.278. The summed E-state index contributed by atoms with van der Waals surface area (Å²) in [4.78, 5) is 8.56. The Morgan fingerprint density at radius 3 is 2.55 bits per heavy atom. The highest BCUT2D eigenvalue weighted by molar-refractivity contribution is 5.54. The van der Waals surface area contributed by atoms with Crippen molar-refractivity contribution >= 4 is 0 Å². The Kier molecular flexibility index (Phi) is 5.31. The Bertz CT molecular complexity index is 969. The summed E-state index contributed by atoms with van der Waals surface area (Å²) in [7, 11) is 0. The van der Waals surface area contributed by atoms with E-state index in [4.69, 9.17) is 0 Å². The van der Waals surface area contributed by atoms with Crippen LogP contribution < -0.4 is 16.4 Å². The molecule has 0 bridgehead atoms. The number of hydrogen-bond acceptors (Lipinski definition) is 5. The smallest absolute Gasteiger partial charge is 0.336 e. The molecule has 2 unspecified atom stereocenters. The Balaban J connectivity index is 1.48. The Labute approximate surface area is 163 Å². The van der Waals surface area contributed by atoms with Crippen LogP contribution in [0.5, 0.6) is 0 Å². The average molecular weight is 406 g/mol. The number of nitrogens with zero attached hydrogens (tertiary/aromatic N) is 3. The second-order valence-electron chi connectivity index (χ2n) is 6.76. The minimum absolute atomic E-state index is 0.278. The lowest BCUT2D eigenvalue weighted by Crippen LogP contribution is -2.43. The van der Waals surface area contributed by atoms with Gasteiger partial charge < -0.3 is 4.57 Å². The van der Waals surface area contributed by atoms with Crippen LogP contribution in [0.25, 0.3) is 11.4 Å². The summed E-state index contributed by atoms with van der Waals surface area (Å²) < 4.78 is 54.4. The Morgan fingerprint density at radius 1 is 1.00 bits per heavy atom. The van der Waals surface area contributed by atoms with E-state index in [1.807, 2.05) is 4.57 Å². The summed E-state index contributed by atoms with van der Waals surface area (Å²) in [6, 6.07) is 6.68. The van der Waals surface area contributed by atoms with Crippen LogP contribution in [-0.2, 0) is 13.0 Å². The molecule has 4 rings (SSSR count). The second-order valence-corrected chi connectivity index (χ2v) is 6.76. The van der Waals surface area contributed by atoms with Crippen molar-refractivity contribution in [2.45, 2.75) is 31.2 Å². The van der Waals surface area contributed by atoms with Crippen molar-refractivity contribution in [1.29, 1.82) is 0 Å². The molecule has 3 N–H and O–H groups in total. The molecular weight excluding hydrogens is 388 g/mol. The monoisotopic (exact) mass is 406 g/mol. The van der Waals surface area contributed by atoms with Gasteiger partial charge in [0.25, 0.3) is 0 Å². The van der Waals surface area contributed by atoms with Crippen molar-refractivity contribution in [2.75, 3.05) is 0 Å². The lowest BCUT2D eigenvalue weighted by molar-refractivity contribution is -0.156. The number of halogens is 4. The first-order chi connectivity index (χ1) is 13.9. The van der Waals surface area contributed by atoms with Crippen LogP contribution in [0.15, 0.2) is 55.1 Å². The van der Waals surface area contributed by atoms with Crippen molar-refractivity contribution in [1.82, 2.24) is 30.9 Å². The molecule has 2 atom stereocenters. The zero-order chi connectivity index (χ0) is 20.4. The minimum atomic E-state index is -4.41. The molecule has 3 heterocycles. The summed E-state index contributed by atoms with van der Waals surface area (Å²) in [6.07, 6.45) is 1.18. The van der Waals surface area contributed by atoms with E-state index in [1.54, 1.807) is 36.8 Å². The van der Waals surface area contributed by atoms with Crippen molar-refractivity contribution in [3.63, 3.8) is 0 Å². The van der Waals surface area contributed by atoms with Gasteiger partial charge in [0.05, 0.1) is 18.1 Å². The first kappa shape index (κ1) is 19.5. The Morgan fingerprint density at radius 2 is 1.79 bits per heavy atom. The summed E-state index contributed by atoms with van der Waals surface area (Å²) in [6.45, 7) is 0.631. The van der Waals surface area contributed by atoms with Crippen molar-refractivity contribution in [3.05, 3.63) is 72.1 Å². The molecule has 1 aliphatic rings. The van der Waals surface area contributed by atoms with Gasteiger partial charge in [-0.15, -0.1) is 0 Å². The molecule has 0 spiro atoms. The molecule has 29 heavy (non-hydrogen) atoms. The maximum Gasteiger partial charge on any atom is 0.407 e. The van der Waals surface area contributed by atoms with Crippen molar-refractivity contribution in [3.8, 4) is 11.4 Å². The average Bonchev–Trinajstić information content (AvgIpc) is 3.37. The van der Waals surface area contributed by atoms with E-state index in [2.05, 4.69) is 26.4 Å². The normalized spacial score (nSPS) is 19.6. The molecule has 0 amide bonds. The molecule has 3 aromatic rings. The standard InChI is InChI=1S/C19H18F4N6/c20-14-3-1-12(2-4-14)6-8-29-10-16(25-11-29)15-9-13(5-7-24-15)17-18(19(21,22)23)27-28-26-17/h1-5,7,9-11,17-18,26-28H,6,8H2. The van der Waals surface area contributed by atoms with E-state index < -0.39 is 18.3 Å². The summed E-state index contributed by atoms with van der Waals surface area (Å²) in [5, 5.41) is 0. The SMILES string of the molecule is Fc1ccc(CCn2cnc(-c3cc(C4NNNC4C(F)(F)F)ccn3)c2)cc1. The van der Waals surface area contributed by atoms with E-state index in [-0.39, 0.29) is 5.82 Å². The molecular formula is C19H18F4N6. The fraction of sp³-hybridized carbons (Fsp3) is 0.263. The van der Waals surface area contributed by atoms with Gasteiger partial charge in [0.2, 0.25) is 0 Å². The number of rotatable bonds is 5. The quantitative estimate of drug-likeness (QED) is 0.569. The predicted octanol–water partition coefficient (Wildman–Crippen LogP) is 2.91. The fourth-order valence-corrected chi connectivity index (χ4v) is 3.21. The van der Waals surface area contributed by atoms with Crippen LogP contribution in [0.4, 0.5) is 17.6 Å². The number of benzene rings is 1. The maximum atomic E-state index is 13.2. The topological polar surface area (TPSA) is 66.8 Å². The van der Waals surface area contributed by atoms with E-state index in [1.165, 1.54) is 18.3 Å². The van der Waals surface area contributed by atoms with Gasteiger partial charge in [0, 0.05) is 18.9 Å². The fourth-order valence-electron chi connectivity index (χ4n) is 3.21. The number of imidazole rings is 1. The number of aryl methyl sites for hydroxylation is 2. The first-order valence-electron chi connectivity index (χ1n) is 8.95. The van der Waals surface area contributed by atoms with Crippen molar-refractivity contribution < 1.29 is 17.6 Å². The number of hydrogen-bond donors (Lipinski definition) is 3. The lowest BCUT2D eigenvalue weighted by atomic mass is 10.0. The van der Waals surface area contributed by atoms with Gasteiger partial charge in [0.1, 0.15) is 17.6 Å². The largest absolute Gasteiger partial charge is 0.407 e. The summed E-state index contributed by atoms with van der Waals surface area (Å²) >= 11 is 0. The molecule has 2 aromatic heterocycles. The highest BCUT2D eigenvalue weighted by atomic mass is 19.4. The van der Waals surface area contributed by atoms with Gasteiger partial charge >= 0.3 is 6.18 Å². The van der Waals surface area contributed by atoms with Crippen molar-refractivity contribution in [2.24, 2.45) is 0 Å². The van der Waals surface area contributed by atoms with Crippen LogP contribution in [0.3, 0.4) is 0 Å². The zero-order valence-corrected chi connectivity index (χ0v) is 15.1. The van der Waals surface area contributed by atoms with Gasteiger partial charge in [-0.05, 0) is 41.8 Å². The Hall–Kier alpha value is -2.82. The molecule has 10 heteroatoms. The molecule has 0 aliphatic carbocycles. The summed E-state index contributed by atoms with van der Waals surface area (Å²) in [5.41, 5.74) is 9.61. The van der Waals surface area contributed by atoms with E-state index >= 15 is 0 Å². The van der Waals surface area contributed by atoms with Gasteiger partial charge in [-0.25, -0.2) is 20.2 Å². The van der Waals surface area contributed by atoms with E-state index in [0.29, 0.717) is 29.9 Å². The van der Waals surface area contributed by atoms with Crippen LogP contribution in [-0.4, -0.2) is 26.8 Å². The van der Waals surface area contributed by atoms with Gasteiger partial charge in [-0.1, -0.05) is 12.1 Å². The van der Waals surface area contributed by atoms with Crippen LogP contribution in [0, 0.1) is 5.82 Å². The molecule has 6 nitrogen and oxygen atoms in total. The van der Waals surface area contributed by atoms with Gasteiger partial charge in [-0.3, -0.25) is 4.98 Å². The molecule has 152 valence electrons. The first-order valence-corrected chi connectivity index (χ1v) is 8.95. The molecule has 1 aromatic carbocycles. The zero-order valence-electron chi connectivity index (χ0n) is 15.1. The third-order valence-electron chi connectivity index (χ3n) is 4.75.